The molecule has 0 bridgehead atoms. The van der Waals surface area contributed by atoms with Gasteiger partial charge in [0.05, 0.1) is 0 Å². The third kappa shape index (κ3) is 2.04. The Morgan fingerprint density at radius 3 is 2.69 bits per heavy atom. The summed E-state index contributed by atoms with van der Waals surface area (Å²) >= 11 is 5.82. The van der Waals surface area contributed by atoms with E-state index in [0.717, 1.165) is 12.2 Å². The lowest BCUT2D eigenvalue weighted by molar-refractivity contribution is 0.632. The zero-order valence-electron chi connectivity index (χ0n) is 9.13. The molecule has 2 heterocycles. The van der Waals surface area contributed by atoms with Gasteiger partial charge in [-0.05, 0) is 24.1 Å². The summed E-state index contributed by atoms with van der Waals surface area (Å²) < 4.78 is 1.59. The second kappa shape index (κ2) is 4.57. The molecular formula is C10H12ClN5. The highest BCUT2D eigenvalue weighted by Crippen LogP contribution is 2.19. The monoisotopic (exact) mass is 237 g/mol. The zero-order valence-corrected chi connectivity index (χ0v) is 9.89. The maximum absolute atomic E-state index is 5.82. The Balaban J connectivity index is 2.48. The molecule has 0 aliphatic heterocycles. The van der Waals surface area contributed by atoms with E-state index in [0.29, 0.717) is 5.95 Å². The van der Waals surface area contributed by atoms with Gasteiger partial charge in [-0.2, -0.15) is 4.68 Å². The Bertz CT molecular complexity index is 467. The molecule has 0 aliphatic rings. The fraction of sp³-hybridized carbons (Fsp3) is 0.400. The molecule has 0 radical (unpaired) electrons. The van der Waals surface area contributed by atoms with Crippen molar-refractivity contribution in [3.8, 4) is 5.95 Å². The minimum absolute atomic E-state index is 0.225. The van der Waals surface area contributed by atoms with Crippen LogP contribution in [0.1, 0.15) is 32.0 Å². The van der Waals surface area contributed by atoms with Crippen molar-refractivity contribution in [3.05, 3.63) is 29.6 Å². The Labute approximate surface area is 98.5 Å². The summed E-state index contributed by atoms with van der Waals surface area (Å²) in [6.07, 6.45) is 4.29. The summed E-state index contributed by atoms with van der Waals surface area (Å²) in [4.78, 5) is 12.5. The van der Waals surface area contributed by atoms with Gasteiger partial charge < -0.3 is 0 Å². The number of hydrogen-bond acceptors (Lipinski definition) is 4. The smallest absolute Gasteiger partial charge is 0.220 e. The SMILES string of the molecule is CC[C@H](C)c1nc(Cl)nn1-c1ncccn1. The maximum Gasteiger partial charge on any atom is 0.252 e. The summed E-state index contributed by atoms with van der Waals surface area (Å²) in [7, 11) is 0. The average Bonchev–Trinajstić information content (AvgIpc) is 2.71. The molecule has 16 heavy (non-hydrogen) atoms. The third-order valence-corrected chi connectivity index (χ3v) is 2.56. The van der Waals surface area contributed by atoms with Gasteiger partial charge in [0, 0.05) is 18.3 Å². The summed E-state index contributed by atoms with van der Waals surface area (Å²) in [6, 6.07) is 1.75. The lowest BCUT2D eigenvalue weighted by Crippen LogP contribution is -2.09. The highest BCUT2D eigenvalue weighted by Gasteiger charge is 2.16. The predicted molar refractivity (Wildman–Crippen MR) is 60.7 cm³/mol. The van der Waals surface area contributed by atoms with Crippen LogP contribution in [0.2, 0.25) is 5.28 Å². The lowest BCUT2D eigenvalue weighted by atomic mass is 10.1. The van der Waals surface area contributed by atoms with Crippen LogP contribution in [0.5, 0.6) is 0 Å². The fourth-order valence-corrected chi connectivity index (χ4v) is 1.51. The predicted octanol–water partition coefficient (Wildman–Crippen LogP) is 2.22. The van der Waals surface area contributed by atoms with Crippen LogP contribution in [0.3, 0.4) is 0 Å². The van der Waals surface area contributed by atoms with Crippen molar-refractivity contribution in [2.45, 2.75) is 26.2 Å². The van der Waals surface area contributed by atoms with E-state index in [9.17, 15) is 0 Å². The number of nitrogens with zero attached hydrogens (tertiary/aromatic N) is 5. The van der Waals surface area contributed by atoms with E-state index in [1.807, 2.05) is 0 Å². The molecule has 0 fully saturated rings. The highest BCUT2D eigenvalue weighted by atomic mass is 35.5. The van der Waals surface area contributed by atoms with Crippen LogP contribution in [0, 0.1) is 0 Å². The third-order valence-electron chi connectivity index (χ3n) is 2.40. The minimum atomic E-state index is 0.225. The van der Waals surface area contributed by atoms with Crippen LogP contribution in [-0.4, -0.2) is 24.7 Å². The molecule has 2 rings (SSSR count). The fourth-order valence-electron chi connectivity index (χ4n) is 1.35. The first-order valence-corrected chi connectivity index (χ1v) is 5.50. The second-order valence-electron chi connectivity index (χ2n) is 3.51. The molecule has 0 aromatic carbocycles. The van der Waals surface area contributed by atoms with Gasteiger partial charge in [-0.1, -0.05) is 13.8 Å². The quantitative estimate of drug-likeness (QED) is 0.822. The van der Waals surface area contributed by atoms with Gasteiger partial charge in [0.2, 0.25) is 5.28 Å². The molecule has 0 N–H and O–H groups in total. The average molecular weight is 238 g/mol. The molecule has 84 valence electrons. The van der Waals surface area contributed by atoms with Crippen molar-refractivity contribution in [1.82, 2.24) is 24.7 Å². The van der Waals surface area contributed by atoms with Gasteiger partial charge >= 0.3 is 0 Å². The van der Waals surface area contributed by atoms with Gasteiger partial charge in [-0.3, -0.25) is 0 Å². The zero-order chi connectivity index (χ0) is 11.5. The molecule has 0 aliphatic carbocycles. The van der Waals surface area contributed by atoms with Crippen molar-refractivity contribution in [2.75, 3.05) is 0 Å². The molecule has 6 heteroatoms. The minimum Gasteiger partial charge on any atom is -0.220 e. The molecule has 5 nitrogen and oxygen atoms in total. The van der Waals surface area contributed by atoms with E-state index < -0.39 is 0 Å². The van der Waals surface area contributed by atoms with Crippen LogP contribution in [-0.2, 0) is 0 Å². The number of hydrogen-bond donors (Lipinski definition) is 0. The van der Waals surface area contributed by atoms with E-state index >= 15 is 0 Å². The van der Waals surface area contributed by atoms with Gasteiger partial charge in [-0.15, -0.1) is 5.10 Å². The largest absolute Gasteiger partial charge is 0.252 e. The van der Waals surface area contributed by atoms with E-state index in [-0.39, 0.29) is 11.2 Å². The molecule has 2 aromatic rings. The molecule has 0 unspecified atom stereocenters. The highest BCUT2D eigenvalue weighted by molar-refractivity contribution is 6.28. The number of halogens is 1. The van der Waals surface area contributed by atoms with Crippen molar-refractivity contribution in [1.29, 1.82) is 0 Å². The number of rotatable bonds is 3. The molecule has 0 saturated carbocycles. The Hall–Kier alpha value is -1.49. The Morgan fingerprint density at radius 2 is 2.06 bits per heavy atom. The van der Waals surface area contributed by atoms with E-state index in [1.54, 1.807) is 23.1 Å². The summed E-state index contributed by atoms with van der Waals surface area (Å²) in [5.74, 6) is 1.56. The molecule has 0 spiro atoms. The van der Waals surface area contributed by atoms with Crippen LogP contribution in [0.15, 0.2) is 18.5 Å². The van der Waals surface area contributed by atoms with Crippen LogP contribution >= 0.6 is 11.6 Å². The second-order valence-corrected chi connectivity index (χ2v) is 3.85. The van der Waals surface area contributed by atoms with E-state index in [1.165, 1.54) is 0 Å². The van der Waals surface area contributed by atoms with Crippen LogP contribution < -0.4 is 0 Å². The topological polar surface area (TPSA) is 56.5 Å². The molecular weight excluding hydrogens is 226 g/mol. The Kier molecular flexibility index (Phi) is 3.14. The normalized spacial score (nSPS) is 12.7. The van der Waals surface area contributed by atoms with E-state index in [4.69, 9.17) is 11.6 Å². The molecule has 2 aromatic heterocycles. The van der Waals surface area contributed by atoms with Gasteiger partial charge in [0.1, 0.15) is 5.82 Å². The van der Waals surface area contributed by atoms with Gasteiger partial charge in [-0.25, -0.2) is 15.0 Å². The Morgan fingerprint density at radius 1 is 1.38 bits per heavy atom. The first kappa shape index (κ1) is 11.0. The first-order valence-electron chi connectivity index (χ1n) is 5.12. The maximum atomic E-state index is 5.82. The van der Waals surface area contributed by atoms with Crippen LogP contribution in [0.25, 0.3) is 5.95 Å². The molecule has 0 saturated heterocycles. The van der Waals surface area contributed by atoms with Crippen molar-refractivity contribution < 1.29 is 0 Å². The summed E-state index contributed by atoms with van der Waals surface area (Å²) in [5, 5.41) is 4.32. The van der Waals surface area contributed by atoms with Gasteiger partial charge in [0.15, 0.2) is 0 Å². The van der Waals surface area contributed by atoms with E-state index in [2.05, 4.69) is 33.9 Å². The molecule has 0 amide bonds. The van der Waals surface area contributed by atoms with Crippen molar-refractivity contribution in [3.63, 3.8) is 0 Å². The van der Waals surface area contributed by atoms with Crippen molar-refractivity contribution >= 4 is 11.6 Å². The first-order chi connectivity index (χ1) is 7.72. The van der Waals surface area contributed by atoms with Crippen molar-refractivity contribution in [2.24, 2.45) is 0 Å². The number of aromatic nitrogens is 5. The standard InChI is InChI=1S/C10H12ClN5/c1-3-7(2)8-14-9(11)15-16(8)10-12-5-4-6-13-10/h4-7H,3H2,1-2H3/t7-/m0/s1. The summed E-state index contributed by atoms with van der Waals surface area (Å²) in [5.41, 5.74) is 0. The van der Waals surface area contributed by atoms with Crippen LogP contribution in [0.4, 0.5) is 0 Å². The summed E-state index contributed by atoms with van der Waals surface area (Å²) in [6.45, 7) is 4.16. The lowest BCUT2D eigenvalue weighted by Gasteiger charge is -2.08. The molecule has 1 atom stereocenters. The van der Waals surface area contributed by atoms with Gasteiger partial charge in [0.25, 0.3) is 5.95 Å².